The summed E-state index contributed by atoms with van der Waals surface area (Å²) in [5, 5.41) is 11.2. The van der Waals surface area contributed by atoms with E-state index >= 15 is 0 Å². The minimum Gasteiger partial charge on any atom is -0.479 e. The Labute approximate surface area is 108 Å². The number of carbonyl (C=O) groups is 4. The van der Waals surface area contributed by atoms with Crippen molar-refractivity contribution in [1.29, 1.82) is 0 Å². The summed E-state index contributed by atoms with van der Waals surface area (Å²) in [6.45, 7) is 0. The van der Waals surface area contributed by atoms with E-state index in [1.54, 1.807) is 0 Å². The van der Waals surface area contributed by atoms with Crippen LogP contribution >= 0.6 is 0 Å². The predicted octanol–water partition coefficient (Wildman–Crippen LogP) is -1.51. The van der Waals surface area contributed by atoms with Crippen molar-refractivity contribution in [3.05, 3.63) is 0 Å². The van der Waals surface area contributed by atoms with Crippen LogP contribution in [0.4, 0.5) is 0 Å². The molecule has 0 spiro atoms. The lowest BCUT2D eigenvalue weighted by molar-refractivity contribution is -0.152. The summed E-state index contributed by atoms with van der Waals surface area (Å²) in [6, 6.07) is -0.877. The van der Waals surface area contributed by atoms with Crippen molar-refractivity contribution in [2.45, 2.75) is 37.5 Å². The Hall–Kier alpha value is -1.96. The summed E-state index contributed by atoms with van der Waals surface area (Å²) >= 11 is 0. The molecule has 2 rings (SSSR count). The first-order valence-corrected chi connectivity index (χ1v) is 5.89. The van der Waals surface area contributed by atoms with Crippen molar-refractivity contribution < 1.29 is 29.0 Å². The maximum Gasteiger partial charge on any atom is 0.332 e. The molecule has 19 heavy (non-hydrogen) atoms. The Morgan fingerprint density at radius 3 is 2.42 bits per heavy atom. The standard InChI is InChI=1S/C11H14N2O6/c1-13-8(14)4-5(10(13)16)12-9(15)6-2-3-7(19-6)11(17)18/h5-7H,2-4H2,1H3,(H,12,15)(H,17,18)/t5?,6-,7+/m0/s1. The Kier molecular flexibility index (Phi) is 3.52. The van der Waals surface area contributed by atoms with Crippen LogP contribution in [0.3, 0.4) is 0 Å². The second-order valence-electron chi connectivity index (χ2n) is 4.59. The van der Waals surface area contributed by atoms with Gasteiger partial charge in [-0.3, -0.25) is 19.3 Å². The summed E-state index contributed by atoms with van der Waals surface area (Å²) in [4.78, 5) is 46.3. The lowest BCUT2D eigenvalue weighted by Crippen LogP contribution is -2.45. The second kappa shape index (κ2) is 4.96. The number of amides is 3. The fourth-order valence-corrected chi connectivity index (χ4v) is 2.14. The lowest BCUT2D eigenvalue weighted by atomic mass is 10.1. The van der Waals surface area contributed by atoms with E-state index < -0.39 is 36.0 Å². The molecule has 0 aromatic carbocycles. The van der Waals surface area contributed by atoms with E-state index in [0.717, 1.165) is 4.90 Å². The third-order valence-corrected chi connectivity index (χ3v) is 3.29. The summed E-state index contributed by atoms with van der Waals surface area (Å²) < 4.78 is 5.06. The van der Waals surface area contributed by atoms with Crippen molar-refractivity contribution in [3.8, 4) is 0 Å². The third-order valence-electron chi connectivity index (χ3n) is 3.29. The maximum atomic E-state index is 11.8. The van der Waals surface area contributed by atoms with Crippen LogP contribution in [0.25, 0.3) is 0 Å². The smallest absolute Gasteiger partial charge is 0.332 e. The molecule has 8 nitrogen and oxygen atoms in total. The topological polar surface area (TPSA) is 113 Å². The zero-order chi connectivity index (χ0) is 14.2. The molecule has 0 bridgehead atoms. The molecule has 0 aromatic heterocycles. The lowest BCUT2D eigenvalue weighted by Gasteiger charge is -2.15. The summed E-state index contributed by atoms with van der Waals surface area (Å²) in [7, 11) is 1.35. The zero-order valence-electron chi connectivity index (χ0n) is 10.3. The van der Waals surface area contributed by atoms with Crippen molar-refractivity contribution >= 4 is 23.7 Å². The zero-order valence-corrected chi connectivity index (χ0v) is 10.3. The molecule has 2 N–H and O–H groups in total. The Morgan fingerprint density at radius 2 is 1.95 bits per heavy atom. The van der Waals surface area contributed by atoms with Gasteiger partial charge in [-0.1, -0.05) is 0 Å². The van der Waals surface area contributed by atoms with Gasteiger partial charge in [-0.2, -0.15) is 0 Å². The van der Waals surface area contributed by atoms with Crippen LogP contribution in [0.2, 0.25) is 0 Å². The van der Waals surface area contributed by atoms with Crippen molar-refractivity contribution in [3.63, 3.8) is 0 Å². The molecule has 3 atom stereocenters. The fourth-order valence-electron chi connectivity index (χ4n) is 2.14. The molecule has 2 aliphatic rings. The number of likely N-dealkylation sites (tertiary alicyclic amines) is 1. The van der Waals surface area contributed by atoms with E-state index in [4.69, 9.17) is 9.84 Å². The quantitative estimate of drug-likeness (QED) is 0.603. The van der Waals surface area contributed by atoms with Gasteiger partial charge >= 0.3 is 5.97 Å². The fraction of sp³-hybridized carbons (Fsp3) is 0.636. The van der Waals surface area contributed by atoms with Gasteiger partial charge in [0.25, 0.3) is 5.91 Å². The van der Waals surface area contributed by atoms with Gasteiger partial charge < -0.3 is 15.2 Å². The van der Waals surface area contributed by atoms with Gasteiger partial charge in [-0.15, -0.1) is 0 Å². The van der Waals surface area contributed by atoms with Crippen molar-refractivity contribution in [2.24, 2.45) is 0 Å². The molecule has 2 saturated heterocycles. The summed E-state index contributed by atoms with van der Waals surface area (Å²) in [6.07, 6.45) is -1.40. The molecule has 0 aromatic rings. The number of ether oxygens (including phenoxy) is 1. The molecule has 2 aliphatic heterocycles. The second-order valence-corrected chi connectivity index (χ2v) is 4.59. The van der Waals surface area contributed by atoms with Gasteiger partial charge in [-0.05, 0) is 12.8 Å². The van der Waals surface area contributed by atoms with Crippen LogP contribution < -0.4 is 5.32 Å². The number of nitrogens with one attached hydrogen (secondary N) is 1. The minimum atomic E-state index is -1.11. The number of hydrogen-bond acceptors (Lipinski definition) is 5. The highest BCUT2D eigenvalue weighted by molar-refractivity contribution is 6.06. The van der Waals surface area contributed by atoms with E-state index in [9.17, 15) is 19.2 Å². The van der Waals surface area contributed by atoms with Crippen LogP contribution in [0.15, 0.2) is 0 Å². The number of rotatable bonds is 3. The molecule has 0 aliphatic carbocycles. The molecule has 2 fully saturated rings. The average Bonchev–Trinajstić information content (AvgIpc) is 2.92. The first kappa shape index (κ1) is 13.5. The Morgan fingerprint density at radius 1 is 1.32 bits per heavy atom. The van der Waals surface area contributed by atoms with E-state index in [0.29, 0.717) is 0 Å². The average molecular weight is 270 g/mol. The highest BCUT2D eigenvalue weighted by Crippen LogP contribution is 2.20. The van der Waals surface area contributed by atoms with Crippen molar-refractivity contribution in [2.75, 3.05) is 7.05 Å². The van der Waals surface area contributed by atoms with E-state index in [1.807, 2.05) is 0 Å². The Balaban J connectivity index is 1.91. The van der Waals surface area contributed by atoms with Crippen LogP contribution in [0.5, 0.6) is 0 Å². The number of hydrogen-bond donors (Lipinski definition) is 2. The number of carboxylic acids is 1. The highest BCUT2D eigenvalue weighted by Gasteiger charge is 2.40. The third kappa shape index (κ3) is 2.58. The molecule has 2 heterocycles. The summed E-state index contributed by atoms with van der Waals surface area (Å²) in [5.41, 5.74) is 0. The predicted molar refractivity (Wildman–Crippen MR) is 59.9 cm³/mol. The van der Waals surface area contributed by atoms with Crippen LogP contribution in [-0.2, 0) is 23.9 Å². The number of aliphatic carboxylic acids is 1. The molecular formula is C11H14N2O6. The van der Waals surface area contributed by atoms with Crippen LogP contribution in [0.1, 0.15) is 19.3 Å². The van der Waals surface area contributed by atoms with Gasteiger partial charge in [0.2, 0.25) is 11.8 Å². The first-order valence-electron chi connectivity index (χ1n) is 5.89. The highest BCUT2D eigenvalue weighted by atomic mass is 16.5. The molecule has 0 radical (unpaired) electrons. The number of nitrogens with zero attached hydrogens (tertiary/aromatic N) is 1. The molecule has 0 saturated carbocycles. The van der Waals surface area contributed by atoms with E-state index in [1.165, 1.54) is 7.05 Å². The number of likely N-dealkylation sites (N-methyl/N-ethyl adjacent to an activating group) is 1. The van der Waals surface area contributed by atoms with Gasteiger partial charge in [0, 0.05) is 7.05 Å². The minimum absolute atomic E-state index is 0.0733. The van der Waals surface area contributed by atoms with Crippen LogP contribution in [0, 0.1) is 0 Å². The first-order chi connectivity index (χ1) is 8.90. The monoisotopic (exact) mass is 270 g/mol. The SMILES string of the molecule is CN1C(=O)CC(NC(=O)[C@@H]2CC[C@H](C(=O)O)O2)C1=O. The van der Waals surface area contributed by atoms with Gasteiger partial charge in [0.05, 0.1) is 6.42 Å². The van der Waals surface area contributed by atoms with Crippen molar-refractivity contribution in [1.82, 2.24) is 10.2 Å². The normalized spacial score (nSPS) is 30.8. The van der Waals surface area contributed by atoms with E-state index in [-0.39, 0.29) is 25.2 Å². The van der Waals surface area contributed by atoms with Crippen LogP contribution in [-0.4, -0.2) is 59.0 Å². The molecule has 1 unspecified atom stereocenters. The van der Waals surface area contributed by atoms with Gasteiger partial charge in [-0.25, -0.2) is 4.79 Å². The largest absolute Gasteiger partial charge is 0.479 e. The molecular weight excluding hydrogens is 256 g/mol. The summed E-state index contributed by atoms with van der Waals surface area (Å²) in [5.74, 6) is -2.48. The van der Waals surface area contributed by atoms with Gasteiger partial charge in [0.1, 0.15) is 12.1 Å². The number of carbonyl (C=O) groups excluding carboxylic acids is 3. The number of carboxylic acid groups (broad SMARTS) is 1. The molecule has 104 valence electrons. The number of imide groups is 1. The molecule has 8 heteroatoms. The van der Waals surface area contributed by atoms with Gasteiger partial charge in [0.15, 0.2) is 6.10 Å². The molecule has 3 amide bonds. The maximum absolute atomic E-state index is 11.8. The van der Waals surface area contributed by atoms with E-state index in [2.05, 4.69) is 5.32 Å². The Bertz CT molecular complexity index is 448.